The van der Waals surface area contributed by atoms with Gasteiger partial charge in [0.1, 0.15) is 0 Å². The fraction of sp³-hybridized carbons (Fsp3) is 0.889. The van der Waals surface area contributed by atoms with Crippen LogP contribution in [0.3, 0.4) is 0 Å². The molecule has 1 rings (SSSR count). The first-order valence-corrected chi connectivity index (χ1v) is 4.39. The third-order valence-electron chi connectivity index (χ3n) is 2.67. The van der Waals surface area contributed by atoms with E-state index in [1.807, 2.05) is 0 Å². The molecule has 70 valence electrons. The van der Waals surface area contributed by atoms with Gasteiger partial charge < -0.3 is 9.64 Å². The summed E-state index contributed by atoms with van der Waals surface area (Å²) in [4.78, 5) is 13.3. The third-order valence-corrected chi connectivity index (χ3v) is 2.67. The SMILES string of the molecule is COC(=O)[C@H]1CC[C@H](N(C)C)C1. The molecule has 0 aliphatic heterocycles. The van der Waals surface area contributed by atoms with Crippen molar-refractivity contribution in [1.29, 1.82) is 0 Å². The fourth-order valence-electron chi connectivity index (χ4n) is 1.81. The van der Waals surface area contributed by atoms with Crippen molar-refractivity contribution < 1.29 is 9.53 Å². The molecule has 0 spiro atoms. The molecule has 0 unspecified atom stereocenters. The number of hydrogen-bond donors (Lipinski definition) is 0. The highest BCUT2D eigenvalue weighted by Crippen LogP contribution is 2.28. The van der Waals surface area contributed by atoms with Crippen LogP contribution < -0.4 is 0 Å². The summed E-state index contributed by atoms with van der Waals surface area (Å²) in [6.45, 7) is 0. The molecule has 0 aromatic heterocycles. The summed E-state index contributed by atoms with van der Waals surface area (Å²) >= 11 is 0. The Morgan fingerprint density at radius 1 is 1.42 bits per heavy atom. The number of hydrogen-bond acceptors (Lipinski definition) is 3. The van der Waals surface area contributed by atoms with Crippen LogP contribution in [0, 0.1) is 5.92 Å². The maximum absolute atomic E-state index is 11.1. The summed E-state index contributed by atoms with van der Waals surface area (Å²) in [5.41, 5.74) is 0. The van der Waals surface area contributed by atoms with Gasteiger partial charge in [-0.05, 0) is 33.4 Å². The average molecular weight is 171 g/mol. The highest BCUT2D eigenvalue weighted by Gasteiger charge is 2.31. The Balaban J connectivity index is 2.40. The molecule has 0 N–H and O–H groups in total. The lowest BCUT2D eigenvalue weighted by Gasteiger charge is -2.18. The maximum atomic E-state index is 11.1. The zero-order chi connectivity index (χ0) is 9.14. The van der Waals surface area contributed by atoms with Crippen LogP contribution >= 0.6 is 0 Å². The first-order valence-electron chi connectivity index (χ1n) is 4.39. The lowest BCUT2D eigenvalue weighted by atomic mass is 10.1. The molecular formula is C9H17NO2. The Morgan fingerprint density at radius 2 is 2.08 bits per heavy atom. The summed E-state index contributed by atoms with van der Waals surface area (Å²) in [6, 6.07) is 0.564. The second-order valence-electron chi connectivity index (χ2n) is 3.65. The Bertz CT molecular complexity index is 168. The largest absolute Gasteiger partial charge is 0.469 e. The second kappa shape index (κ2) is 3.90. The number of nitrogens with zero attached hydrogens (tertiary/aromatic N) is 1. The van der Waals surface area contributed by atoms with Crippen LogP contribution in [0.4, 0.5) is 0 Å². The van der Waals surface area contributed by atoms with Crippen LogP contribution in [-0.2, 0) is 9.53 Å². The summed E-state index contributed by atoms with van der Waals surface area (Å²) < 4.78 is 4.70. The van der Waals surface area contributed by atoms with Crippen molar-refractivity contribution in [2.45, 2.75) is 25.3 Å². The number of carbonyl (C=O) groups is 1. The van der Waals surface area contributed by atoms with E-state index in [1.165, 1.54) is 7.11 Å². The van der Waals surface area contributed by atoms with Gasteiger partial charge in [0.15, 0.2) is 0 Å². The van der Waals surface area contributed by atoms with E-state index in [9.17, 15) is 4.79 Å². The van der Waals surface area contributed by atoms with Crippen molar-refractivity contribution in [3.63, 3.8) is 0 Å². The van der Waals surface area contributed by atoms with Crippen LogP contribution in [0.25, 0.3) is 0 Å². The molecule has 0 aromatic rings. The first-order chi connectivity index (χ1) is 5.65. The van der Waals surface area contributed by atoms with E-state index in [-0.39, 0.29) is 11.9 Å². The number of rotatable bonds is 2. The molecule has 1 fully saturated rings. The van der Waals surface area contributed by atoms with Crippen molar-refractivity contribution in [3.05, 3.63) is 0 Å². The van der Waals surface area contributed by atoms with Crippen molar-refractivity contribution in [3.8, 4) is 0 Å². The summed E-state index contributed by atoms with van der Waals surface area (Å²) in [7, 11) is 5.58. The van der Waals surface area contributed by atoms with Crippen LogP contribution in [0.5, 0.6) is 0 Å². The Morgan fingerprint density at radius 3 is 2.50 bits per heavy atom. The third kappa shape index (κ3) is 1.97. The van der Waals surface area contributed by atoms with Gasteiger partial charge in [-0.3, -0.25) is 4.79 Å². The van der Waals surface area contributed by atoms with Crippen molar-refractivity contribution >= 4 is 5.97 Å². The van der Waals surface area contributed by atoms with Crippen molar-refractivity contribution in [1.82, 2.24) is 4.90 Å². The molecule has 1 saturated carbocycles. The lowest BCUT2D eigenvalue weighted by Crippen LogP contribution is -2.25. The van der Waals surface area contributed by atoms with E-state index in [0.717, 1.165) is 19.3 Å². The standard InChI is InChI=1S/C9H17NO2/c1-10(2)8-5-4-7(6-8)9(11)12-3/h7-8H,4-6H2,1-3H3/t7-,8-/m0/s1. The van der Waals surface area contributed by atoms with Gasteiger partial charge in [0.25, 0.3) is 0 Å². The predicted octanol–water partition coefficient (Wildman–Crippen LogP) is 0.890. The van der Waals surface area contributed by atoms with Gasteiger partial charge in [0.05, 0.1) is 13.0 Å². The summed E-state index contributed by atoms with van der Waals surface area (Å²) in [5.74, 6) is 0.0988. The highest BCUT2D eigenvalue weighted by molar-refractivity contribution is 5.72. The highest BCUT2D eigenvalue weighted by atomic mass is 16.5. The topological polar surface area (TPSA) is 29.5 Å². The van der Waals surface area contributed by atoms with E-state index in [2.05, 4.69) is 19.0 Å². The monoisotopic (exact) mass is 171 g/mol. The zero-order valence-corrected chi connectivity index (χ0v) is 8.04. The molecule has 3 heteroatoms. The Kier molecular flexibility index (Phi) is 3.09. The van der Waals surface area contributed by atoms with Gasteiger partial charge in [0, 0.05) is 6.04 Å². The van der Waals surface area contributed by atoms with E-state index in [1.54, 1.807) is 0 Å². The van der Waals surface area contributed by atoms with E-state index in [0.29, 0.717) is 6.04 Å². The molecule has 0 amide bonds. The molecule has 3 nitrogen and oxygen atoms in total. The normalized spacial score (nSPS) is 29.3. The summed E-state index contributed by atoms with van der Waals surface area (Å²) in [5, 5.41) is 0. The minimum atomic E-state index is -0.0423. The zero-order valence-electron chi connectivity index (χ0n) is 8.04. The average Bonchev–Trinajstić information content (AvgIpc) is 2.51. The number of ether oxygens (including phenoxy) is 1. The van der Waals surface area contributed by atoms with Crippen LogP contribution in [0.15, 0.2) is 0 Å². The van der Waals surface area contributed by atoms with E-state index < -0.39 is 0 Å². The minimum absolute atomic E-state index is 0.0423. The number of carbonyl (C=O) groups excluding carboxylic acids is 1. The first kappa shape index (κ1) is 9.52. The lowest BCUT2D eigenvalue weighted by molar-refractivity contribution is -0.145. The van der Waals surface area contributed by atoms with Crippen LogP contribution in [0.1, 0.15) is 19.3 Å². The molecule has 0 bridgehead atoms. The van der Waals surface area contributed by atoms with Gasteiger partial charge in [-0.2, -0.15) is 0 Å². The predicted molar refractivity (Wildman–Crippen MR) is 46.8 cm³/mol. The van der Waals surface area contributed by atoms with Crippen LogP contribution in [0.2, 0.25) is 0 Å². The molecule has 0 radical (unpaired) electrons. The summed E-state index contributed by atoms with van der Waals surface area (Å²) in [6.07, 6.45) is 3.06. The van der Waals surface area contributed by atoms with Crippen molar-refractivity contribution in [2.24, 2.45) is 5.92 Å². The maximum Gasteiger partial charge on any atom is 0.308 e. The van der Waals surface area contributed by atoms with Gasteiger partial charge in [-0.25, -0.2) is 0 Å². The Hall–Kier alpha value is -0.570. The van der Waals surface area contributed by atoms with Crippen LogP contribution in [-0.4, -0.2) is 38.1 Å². The number of esters is 1. The second-order valence-corrected chi connectivity index (χ2v) is 3.65. The number of methoxy groups -OCH3 is 1. The van der Waals surface area contributed by atoms with E-state index >= 15 is 0 Å². The quantitative estimate of drug-likeness (QED) is 0.578. The molecule has 12 heavy (non-hydrogen) atoms. The molecule has 1 aliphatic rings. The van der Waals surface area contributed by atoms with Gasteiger partial charge >= 0.3 is 5.97 Å². The van der Waals surface area contributed by atoms with Crippen molar-refractivity contribution in [2.75, 3.05) is 21.2 Å². The van der Waals surface area contributed by atoms with E-state index in [4.69, 9.17) is 4.74 Å². The fourth-order valence-corrected chi connectivity index (χ4v) is 1.81. The molecule has 0 heterocycles. The molecule has 0 aromatic carbocycles. The molecule has 1 aliphatic carbocycles. The molecule has 2 atom stereocenters. The van der Waals surface area contributed by atoms with Gasteiger partial charge in [0.2, 0.25) is 0 Å². The Labute approximate surface area is 73.7 Å². The van der Waals surface area contributed by atoms with Gasteiger partial charge in [-0.1, -0.05) is 0 Å². The van der Waals surface area contributed by atoms with Gasteiger partial charge in [-0.15, -0.1) is 0 Å². The minimum Gasteiger partial charge on any atom is -0.469 e. The molecule has 0 saturated heterocycles. The molecular weight excluding hydrogens is 154 g/mol. The smallest absolute Gasteiger partial charge is 0.308 e.